The molecule has 30 heavy (non-hydrogen) atoms. The highest BCUT2D eigenvalue weighted by atomic mass is 19.1. The molecule has 5 heteroatoms. The van der Waals surface area contributed by atoms with Crippen LogP contribution in [0.3, 0.4) is 0 Å². The van der Waals surface area contributed by atoms with Gasteiger partial charge >= 0.3 is 11.9 Å². The van der Waals surface area contributed by atoms with Crippen molar-refractivity contribution in [1.82, 2.24) is 0 Å². The zero-order chi connectivity index (χ0) is 21.9. The molecular weight excluding hydrogens is 383 g/mol. The van der Waals surface area contributed by atoms with Gasteiger partial charge in [-0.25, -0.2) is 4.39 Å². The molecule has 162 valence electrons. The molecule has 4 nitrogen and oxygen atoms in total. The zero-order valence-electron chi connectivity index (χ0n) is 17.8. The molecule has 2 aromatic carbocycles. The largest absolute Gasteiger partial charge is 0.481 e. The van der Waals surface area contributed by atoms with Crippen LogP contribution >= 0.6 is 0 Å². The summed E-state index contributed by atoms with van der Waals surface area (Å²) in [5.74, 6) is -2.20. The van der Waals surface area contributed by atoms with E-state index < -0.39 is 17.7 Å². The Morgan fingerprint density at radius 2 is 1.70 bits per heavy atom. The predicted molar refractivity (Wildman–Crippen MR) is 116 cm³/mol. The molecule has 0 saturated carbocycles. The van der Waals surface area contributed by atoms with Crippen molar-refractivity contribution in [3.05, 3.63) is 53.8 Å². The summed E-state index contributed by atoms with van der Waals surface area (Å²) in [7, 11) is 0. The van der Waals surface area contributed by atoms with Crippen LogP contribution in [0, 0.1) is 5.82 Å². The van der Waals surface area contributed by atoms with Crippen molar-refractivity contribution in [1.29, 1.82) is 0 Å². The van der Waals surface area contributed by atoms with Gasteiger partial charge in [0.25, 0.3) is 0 Å². The lowest BCUT2D eigenvalue weighted by Gasteiger charge is -2.11. The van der Waals surface area contributed by atoms with Crippen LogP contribution in [0.1, 0.15) is 76.7 Å². The number of unbranched alkanes of at least 4 members (excludes halogenated alkanes) is 6. The monoisotopic (exact) mass is 414 g/mol. The number of carboxylic acids is 1. The number of carbonyl (C=O) groups is 2. The number of rotatable bonds is 12. The molecule has 0 fully saturated rings. The minimum atomic E-state index is -1.00. The molecule has 2 rings (SSSR count). The third kappa shape index (κ3) is 7.29. The van der Waals surface area contributed by atoms with Crippen molar-refractivity contribution in [2.24, 2.45) is 0 Å². The summed E-state index contributed by atoms with van der Waals surface area (Å²) in [4.78, 5) is 23.2. The molecule has 0 saturated heterocycles. The number of hydrogen-bond donors (Lipinski definition) is 1. The number of aliphatic carboxylic acids is 1. The highest BCUT2D eigenvalue weighted by molar-refractivity contribution is 5.76. The lowest BCUT2D eigenvalue weighted by atomic mass is 9.97. The number of carboxylic acid groups (broad SMARTS) is 1. The fraction of sp³-hybridized carbons (Fsp3) is 0.440. The van der Waals surface area contributed by atoms with Crippen LogP contribution in [0.25, 0.3) is 11.1 Å². The number of ether oxygens (including phenoxy) is 1. The maximum atomic E-state index is 14.6. The van der Waals surface area contributed by atoms with Gasteiger partial charge in [-0.05, 0) is 42.7 Å². The Balaban J connectivity index is 1.93. The standard InChI is InChI=1S/C25H31FO4/c1-3-4-5-6-7-8-9-13-24(27)30-21-12-10-11-20(16-21)22-15-14-19(17-23(22)26)18(2)25(28)29/h10-12,14-18H,3-9,13H2,1-2H3,(H,28,29). The van der Waals surface area contributed by atoms with E-state index in [2.05, 4.69) is 6.92 Å². The summed E-state index contributed by atoms with van der Waals surface area (Å²) in [6, 6.07) is 11.1. The first-order chi connectivity index (χ1) is 14.4. The van der Waals surface area contributed by atoms with Gasteiger partial charge in [-0.2, -0.15) is 0 Å². The minimum Gasteiger partial charge on any atom is -0.481 e. The van der Waals surface area contributed by atoms with Crippen LogP contribution in [0.2, 0.25) is 0 Å². The summed E-state index contributed by atoms with van der Waals surface area (Å²) >= 11 is 0. The van der Waals surface area contributed by atoms with Crippen molar-refractivity contribution < 1.29 is 23.8 Å². The molecule has 0 heterocycles. The highest BCUT2D eigenvalue weighted by Gasteiger charge is 2.16. The topological polar surface area (TPSA) is 63.6 Å². The van der Waals surface area contributed by atoms with E-state index in [-0.39, 0.29) is 5.97 Å². The summed E-state index contributed by atoms with van der Waals surface area (Å²) < 4.78 is 20.0. The van der Waals surface area contributed by atoms with Crippen LogP contribution in [0.15, 0.2) is 42.5 Å². The molecule has 1 unspecified atom stereocenters. The van der Waals surface area contributed by atoms with Gasteiger partial charge in [-0.1, -0.05) is 69.7 Å². The third-order valence-electron chi connectivity index (χ3n) is 5.22. The number of carbonyl (C=O) groups excluding carboxylic acids is 1. The average molecular weight is 415 g/mol. The fourth-order valence-electron chi connectivity index (χ4n) is 3.31. The molecule has 0 spiro atoms. The molecule has 0 aromatic heterocycles. The van der Waals surface area contributed by atoms with E-state index in [1.54, 1.807) is 36.4 Å². The SMILES string of the molecule is CCCCCCCCCC(=O)Oc1cccc(-c2ccc(C(C)C(=O)O)cc2F)c1. The molecule has 0 bridgehead atoms. The van der Waals surface area contributed by atoms with E-state index in [9.17, 15) is 14.0 Å². The third-order valence-corrected chi connectivity index (χ3v) is 5.22. The van der Waals surface area contributed by atoms with Crippen LogP contribution < -0.4 is 4.74 Å². The molecule has 0 aliphatic rings. The van der Waals surface area contributed by atoms with Gasteiger partial charge in [0.2, 0.25) is 0 Å². The Morgan fingerprint density at radius 1 is 1.00 bits per heavy atom. The number of halogens is 1. The van der Waals surface area contributed by atoms with Crippen molar-refractivity contribution in [2.45, 2.75) is 71.1 Å². The van der Waals surface area contributed by atoms with Gasteiger partial charge in [-0.15, -0.1) is 0 Å². The first kappa shape index (κ1) is 23.6. The number of benzene rings is 2. The van der Waals surface area contributed by atoms with E-state index in [0.717, 1.165) is 19.3 Å². The minimum absolute atomic E-state index is 0.285. The van der Waals surface area contributed by atoms with Crippen molar-refractivity contribution in [2.75, 3.05) is 0 Å². The lowest BCUT2D eigenvalue weighted by molar-refractivity contribution is -0.138. The summed E-state index contributed by atoms with van der Waals surface area (Å²) in [5, 5.41) is 9.09. The van der Waals surface area contributed by atoms with Gasteiger partial charge in [0.1, 0.15) is 11.6 Å². The molecule has 2 aromatic rings. The Labute approximate surface area is 178 Å². The summed E-state index contributed by atoms with van der Waals surface area (Å²) in [5.41, 5.74) is 1.31. The maximum Gasteiger partial charge on any atom is 0.311 e. The first-order valence-electron chi connectivity index (χ1n) is 10.8. The molecule has 0 aliphatic carbocycles. The second-order valence-electron chi connectivity index (χ2n) is 7.67. The van der Waals surface area contributed by atoms with E-state index in [1.165, 1.54) is 38.7 Å². The van der Waals surface area contributed by atoms with E-state index in [1.807, 2.05) is 0 Å². The summed E-state index contributed by atoms with van der Waals surface area (Å²) in [6.45, 7) is 3.70. The highest BCUT2D eigenvalue weighted by Crippen LogP contribution is 2.29. The normalized spacial score (nSPS) is 11.8. The van der Waals surface area contributed by atoms with Gasteiger partial charge in [0.05, 0.1) is 5.92 Å². The van der Waals surface area contributed by atoms with Crippen molar-refractivity contribution >= 4 is 11.9 Å². The molecule has 0 radical (unpaired) electrons. The molecule has 0 amide bonds. The quantitative estimate of drug-likeness (QED) is 0.238. The average Bonchev–Trinajstić information content (AvgIpc) is 2.72. The van der Waals surface area contributed by atoms with Crippen LogP contribution in [-0.4, -0.2) is 17.0 Å². The van der Waals surface area contributed by atoms with E-state index >= 15 is 0 Å². The Hall–Kier alpha value is -2.69. The molecular formula is C25H31FO4. The van der Waals surface area contributed by atoms with Gasteiger partial charge < -0.3 is 9.84 Å². The fourth-order valence-corrected chi connectivity index (χ4v) is 3.31. The maximum absolute atomic E-state index is 14.6. The van der Waals surface area contributed by atoms with Crippen molar-refractivity contribution in [3.63, 3.8) is 0 Å². The van der Waals surface area contributed by atoms with Crippen LogP contribution in [0.4, 0.5) is 4.39 Å². The van der Waals surface area contributed by atoms with Crippen molar-refractivity contribution in [3.8, 4) is 16.9 Å². The van der Waals surface area contributed by atoms with Gasteiger partial charge in [0.15, 0.2) is 0 Å². The first-order valence-corrected chi connectivity index (χ1v) is 10.8. The second-order valence-corrected chi connectivity index (χ2v) is 7.67. The number of esters is 1. The second kappa shape index (κ2) is 12.1. The lowest BCUT2D eigenvalue weighted by Crippen LogP contribution is -2.08. The molecule has 1 atom stereocenters. The molecule has 1 N–H and O–H groups in total. The van der Waals surface area contributed by atoms with Crippen LogP contribution in [0.5, 0.6) is 5.75 Å². The zero-order valence-corrected chi connectivity index (χ0v) is 17.8. The van der Waals surface area contributed by atoms with Gasteiger partial charge in [0, 0.05) is 12.0 Å². The Morgan fingerprint density at radius 3 is 2.37 bits per heavy atom. The predicted octanol–water partition coefficient (Wildman–Crippen LogP) is 6.73. The summed E-state index contributed by atoms with van der Waals surface area (Å²) in [6.07, 6.45) is 8.28. The van der Waals surface area contributed by atoms with E-state index in [0.29, 0.717) is 28.9 Å². The van der Waals surface area contributed by atoms with Crippen LogP contribution in [-0.2, 0) is 9.59 Å². The van der Waals surface area contributed by atoms with Gasteiger partial charge in [-0.3, -0.25) is 9.59 Å². The molecule has 0 aliphatic heterocycles. The van der Waals surface area contributed by atoms with E-state index in [4.69, 9.17) is 9.84 Å². The Bertz CT molecular complexity index is 847. The smallest absolute Gasteiger partial charge is 0.311 e. The Kier molecular flexibility index (Phi) is 9.52. The number of hydrogen-bond acceptors (Lipinski definition) is 3.